The van der Waals surface area contributed by atoms with Gasteiger partial charge in [0.1, 0.15) is 6.61 Å². The fourth-order valence-electron chi connectivity index (χ4n) is 1.12. The van der Waals surface area contributed by atoms with E-state index in [9.17, 15) is 0 Å². The van der Waals surface area contributed by atoms with Crippen LogP contribution in [0.4, 0.5) is 0 Å². The fourth-order valence-corrected chi connectivity index (χ4v) is 1.47. The summed E-state index contributed by atoms with van der Waals surface area (Å²) in [6.07, 6.45) is 0. The lowest BCUT2D eigenvalue weighted by Gasteiger charge is -2.40. The van der Waals surface area contributed by atoms with Gasteiger partial charge >= 0.3 is 0 Å². The summed E-state index contributed by atoms with van der Waals surface area (Å²) in [6, 6.07) is 0. The van der Waals surface area contributed by atoms with Crippen LogP contribution >= 0.6 is 11.8 Å². The zero-order valence-electron chi connectivity index (χ0n) is 8.15. The molecule has 12 heavy (non-hydrogen) atoms. The van der Waals surface area contributed by atoms with Crippen LogP contribution in [0.2, 0.25) is 0 Å². The monoisotopic (exact) mass is 189 g/mol. The van der Waals surface area contributed by atoms with E-state index in [1.54, 1.807) is 4.42 Å². The first-order valence-corrected chi connectivity index (χ1v) is 4.40. The minimum Gasteiger partial charge on any atom is -0.476 e. The third-order valence-corrected chi connectivity index (χ3v) is 3.35. The van der Waals surface area contributed by atoms with E-state index < -0.39 is 0 Å². The molecule has 1 aliphatic heterocycles. The lowest BCUT2D eigenvalue weighted by molar-refractivity contribution is 0.113. The zero-order chi connectivity index (χ0) is 9.57. The third-order valence-electron chi connectivity index (χ3n) is 2.79. The third kappa shape index (κ3) is 1.18. The largest absolute Gasteiger partial charge is 0.476 e. The summed E-state index contributed by atoms with van der Waals surface area (Å²) in [5.41, 5.74) is -0.0835. The van der Waals surface area contributed by atoms with Crippen LogP contribution in [0, 0.1) is 5.41 Å². The summed E-state index contributed by atoms with van der Waals surface area (Å²) in [5.74, 6) is 0.550. The Hall–Kier alpha value is -0.370. The molecule has 1 saturated heterocycles. The fraction of sp³-hybridized carbons (Fsp3) is 0.778. The van der Waals surface area contributed by atoms with E-state index in [-0.39, 0.29) is 11.0 Å². The van der Waals surface area contributed by atoms with Crippen molar-refractivity contribution in [3.8, 4) is 0 Å². The van der Waals surface area contributed by atoms with Gasteiger partial charge in [0.05, 0.1) is 5.54 Å². The van der Waals surface area contributed by atoms with Crippen LogP contribution in [0.1, 0.15) is 27.7 Å². The molecule has 70 valence electrons. The molecule has 0 N–H and O–H groups in total. The van der Waals surface area contributed by atoms with Crippen molar-refractivity contribution in [3.05, 3.63) is 12.5 Å². The summed E-state index contributed by atoms with van der Waals surface area (Å²) in [4.78, 5) is 0. The maximum absolute atomic E-state index is 6.06. The highest BCUT2D eigenvalue weighted by molar-refractivity contribution is 6.15. The Morgan fingerprint density at radius 3 is 2.25 bits per heavy atom. The molecule has 0 amide bonds. The van der Waals surface area contributed by atoms with Crippen LogP contribution in [-0.4, -0.2) is 16.6 Å². The first kappa shape index (κ1) is 9.72. The number of hydrogen-bond acceptors (Lipinski definition) is 2. The van der Waals surface area contributed by atoms with Crippen LogP contribution in [-0.2, 0) is 4.74 Å². The highest BCUT2D eigenvalue weighted by atomic mass is 35.5. The lowest BCUT2D eigenvalue weighted by atomic mass is 9.76. The first-order valence-electron chi connectivity index (χ1n) is 4.07. The van der Waals surface area contributed by atoms with Gasteiger partial charge in [0.25, 0.3) is 0 Å². The van der Waals surface area contributed by atoms with E-state index in [2.05, 4.69) is 34.3 Å². The molecule has 3 heteroatoms. The number of hydrogen-bond donors (Lipinski definition) is 0. The van der Waals surface area contributed by atoms with E-state index in [1.165, 1.54) is 0 Å². The van der Waals surface area contributed by atoms with Crippen molar-refractivity contribution in [1.82, 2.24) is 4.42 Å². The van der Waals surface area contributed by atoms with Gasteiger partial charge in [-0.05, 0) is 18.9 Å². The van der Waals surface area contributed by atoms with Gasteiger partial charge in [-0.3, -0.25) is 0 Å². The molecule has 1 heterocycles. The van der Waals surface area contributed by atoms with Crippen molar-refractivity contribution in [3.63, 3.8) is 0 Å². The first-order chi connectivity index (χ1) is 5.29. The number of rotatable bonds is 0. The van der Waals surface area contributed by atoms with Crippen molar-refractivity contribution in [2.75, 3.05) is 6.61 Å². The molecule has 0 bridgehead atoms. The van der Waals surface area contributed by atoms with E-state index >= 15 is 0 Å². The highest BCUT2D eigenvalue weighted by Crippen LogP contribution is 2.43. The van der Waals surface area contributed by atoms with Gasteiger partial charge in [-0.1, -0.05) is 20.8 Å². The molecule has 0 aromatic carbocycles. The molecular weight excluding hydrogens is 174 g/mol. The summed E-state index contributed by atoms with van der Waals surface area (Å²) in [7, 11) is 0. The zero-order valence-corrected chi connectivity index (χ0v) is 8.90. The smallest absolute Gasteiger partial charge is 0.197 e. The molecule has 0 radical (unpaired) electrons. The van der Waals surface area contributed by atoms with Gasteiger partial charge in [0.2, 0.25) is 0 Å². The maximum atomic E-state index is 6.06. The molecule has 0 aromatic rings. The summed E-state index contributed by atoms with van der Waals surface area (Å²) >= 11 is 6.06. The van der Waals surface area contributed by atoms with E-state index in [1.807, 2.05) is 0 Å². The Morgan fingerprint density at radius 1 is 1.58 bits per heavy atom. The molecule has 0 spiro atoms. The topological polar surface area (TPSA) is 12.5 Å². The van der Waals surface area contributed by atoms with Crippen molar-refractivity contribution in [2.45, 2.75) is 33.2 Å². The lowest BCUT2D eigenvalue weighted by Crippen LogP contribution is -2.48. The minimum atomic E-state index is -0.161. The molecule has 1 aliphatic rings. The Balaban J connectivity index is 2.94. The van der Waals surface area contributed by atoms with Gasteiger partial charge in [-0.25, -0.2) is 4.42 Å². The number of ether oxygens (including phenoxy) is 1. The predicted octanol–water partition coefficient (Wildman–Crippen LogP) is 2.75. The summed E-state index contributed by atoms with van der Waals surface area (Å²) in [6.45, 7) is 12.8. The van der Waals surface area contributed by atoms with Gasteiger partial charge in [-0.15, -0.1) is 0 Å². The van der Waals surface area contributed by atoms with Crippen molar-refractivity contribution in [2.24, 2.45) is 5.41 Å². The van der Waals surface area contributed by atoms with Crippen LogP contribution in [0.3, 0.4) is 0 Å². The molecule has 0 aromatic heterocycles. The minimum absolute atomic E-state index is 0.0776. The number of nitrogens with zero attached hydrogens (tertiary/aromatic N) is 1. The molecule has 1 unspecified atom stereocenters. The van der Waals surface area contributed by atoms with E-state index in [0.29, 0.717) is 12.5 Å². The Morgan fingerprint density at radius 2 is 2.08 bits per heavy atom. The van der Waals surface area contributed by atoms with Crippen LogP contribution in [0.15, 0.2) is 12.5 Å². The second kappa shape index (κ2) is 2.56. The van der Waals surface area contributed by atoms with E-state index in [4.69, 9.17) is 16.5 Å². The quantitative estimate of drug-likeness (QED) is 0.544. The highest BCUT2D eigenvalue weighted by Gasteiger charge is 2.48. The maximum Gasteiger partial charge on any atom is 0.197 e. The van der Waals surface area contributed by atoms with Crippen molar-refractivity contribution < 1.29 is 4.74 Å². The Bertz CT molecular complexity index is 209. The molecule has 0 saturated carbocycles. The SMILES string of the molecule is C=C1OCC(C)(C(C)(C)C)N1Cl. The van der Waals surface area contributed by atoms with Crippen LogP contribution in [0.5, 0.6) is 0 Å². The number of halogens is 1. The second-order valence-corrected chi connectivity index (χ2v) is 4.83. The van der Waals surface area contributed by atoms with Gasteiger partial charge < -0.3 is 4.74 Å². The second-order valence-electron chi connectivity index (χ2n) is 4.49. The van der Waals surface area contributed by atoms with Gasteiger partial charge in [0.15, 0.2) is 5.88 Å². The molecule has 2 nitrogen and oxygen atoms in total. The van der Waals surface area contributed by atoms with Crippen molar-refractivity contribution in [1.29, 1.82) is 0 Å². The average Bonchev–Trinajstić information content (AvgIpc) is 2.16. The van der Waals surface area contributed by atoms with E-state index in [0.717, 1.165) is 0 Å². The molecule has 1 rings (SSSR count). The Labute approximate surface area is 79.3 Å². The molecular formula is C9H16ClNO. The van der Waals surface area contributed by atoms with Crippen LogP contribution in [0.25, 0.3) is 0 Å². The van der Waals surface area contributed by atoms with Crippen LogP contribution < -0.4 is 0 Å². The molecule has 0 aliphatic carbocycles. The summed E-state index contributed by atoms with van der Waals surface area (Å²) in [5, 5.41) is 0. The normalized spacial score (nSPS) is 30.8. The molecule has 1 fully saturated rings. The molecule has 1 atom stereocenters. The summed E-state index contributed by atoms with van der Waals surface area (Å²) < 4.78 is 6.91. The van der Waals surface area contributed by atoms with Crippen molar-refractivity contribution >= 4 is 11.8 Å². The predicted molar refractivity (Wildman–Crippen MR) is 50.6 cm³/mol. The Kier molecular flexibility index (Phi) is 2.07. The standard InChI is InChI=1S/C9H16ClNO/c1-7-11(10)9(5,6-12-7)8(2,3)4/h1,6H2,2-5H3. The van der Waals surface area contributed by atoms with Gasteiger partial charge in [0, 0.05) is 11.8 Å². The van der Waals surface area contributed by atoms with Gasteiger partial charge in [-0.2, -0.15) is 0 Å². The average molecular weight is 190 g/mol.